The summed E-state index contributed by atoms with van der Waals surface area (Å²) in [5.41, 5.74) is 4.27. The van der Waals surface area contributed by atoms with Crippen molar-refractivity contribution in [3.8, 4) is 5.69 Å². The Morgan fingerprint density at radius 2 is 1.87 bits per heavy atom. The Labute approximate surface area is 180 Å². The van der Waals surface area contributed by atoms with E-state index in [1.165, 1.54) is 17.3 Å². The summed E-state index contributed by atoms with van der Waals surface area (Å²) in [4.78, 5) is 24.2. The highest BCUT2D eigenvalue weighted by molar-refractivity contribution is 7.99. The van der Waals surface area contributed by atoms with Crippen LogP contribution >= 0.6 is 11.8 Å². The molecule has 156 valence electrons. The molecule has 3 rings (SSSR count). The molecule has 2 aromatic carbocycles. The minimum Gasteiger partial charge on any atom is -0.355 e. The van der Waals surface area contributed by atoms with Gasteiger partial charge in [-0.25, -0.2) is 0 Å². The summed E-state index contributed by atoms with van der Waals surface area (Å²) in [6.07, 6.45) is 1.65. The largest absolute Gasteiger partial charge is 0.355 e. The fourth-order valence-corrected chi connectivity index (χ4v) is 3.65. The van der Waals surface area contributed by atoms with E-state index < -0.39 is 0 Å². The zero-order valence-corrected chi connectivity index (χ0v) is 18.3. The Morgan fingerprint density at radius 1 is 1.13 bits per heavy atom. The molecule has 0 fully saturated rings. The first-order valence-electron chi connectivity index (χ1n) is 9.64. The number of hydrogen-bond donors (Lipinski definition) is 2. The van der Waals surface area contributed by atoms with Crippen LogP contribution in [0.1, 0.15) is 41.3 Å². The number of benzene rings is 2. The highest BCUT2D eigenvalue weighted by Crippen LogP contribution is 2.23. The fourth-order valence-electron chi connectivity index (χ4n) is 2.93. The highest BCUT2D eigenvalue weighted by Gasteiger charge is 2.12. The number of nitrogens with zero attached hydrogens (tertiary/aromatic N) is 3. The van der Waals surface area contributed by atoms with E-state index >= 15 is 0 Å². The number of rotatable bonds is 7. The summed E-state index contributed by atoms with van der Waals surface area (Å²) in [6.45, 7) is 6.16. The number of amides is 2. The lowest BCUT2D eigenvalue weighted by Gasteiger charge is -2.11. The molecule has 0 radical (unpaired) electrons. The number of aromatic nitrogens is 3. The molecule has 30 heavy (non-hydrogen) atoms. The number of aryl methyl sites for hydroxylation is 1. The van der Waals surface area contributed by atoms with Gasteiger partial charge in [0.15, 0.2) is 5.16 Å². The molecular weight excluding hydrogens is 398 g/mol. The Morgan fingerprint density at radius 3 is 2.50 bits per heavy atom. The Kier molecular flexibility index (Phi) is 6.89. The van der Waals surface area contributed by atoms with Gasteiger partial charge in [0.05, 0.1) is 5.75 Å². The SMILES string of the molecule is CNC(=O)c1ccc(NC(=O)CSc2nncn2-c2ccc(C(C)C)cc2)c(C)c1. The topological polar surface area (TPSA) is 88.9 Å². The molecule has 0 spiro atoms. The number of carbonyl (C=O) groups is 2. The van der Waals surface area contributed by atoms with Gasteiger partial charge in [-0.1, -0.05) is 37.7 Å². The van der Waals surface area contributed by atoms with E-state index in [1.807, 2.05) is 23.6 Å². The first kappa shape index (κ1) is 21.6. The van der Waals surface area contributed by atoms with Crippen molar-refractivity contribution in [1.29, 1.82) is 0 Å². The number of carbonyl (C=O) groups excluding carboxylic acids is 2. The quantitative estimate of drug-likeness (QED) is 0.565. The van der Waals surface area contributed by atoms with Crippen LogP contribution in [0.15, 0.2) is 53.9 Å². The minimum absolute atomic E-state index is 0.152. The van der Waals surface area contributed by atoms with E-state index in [0.717, 1.165) is 11.3 Å². The van der Waals surface area contributed by atoms with Gasteiger partial charge in [0, 0.05) is 24.0 Å². The summed E-state index contributed by atoms with van der Waals surface area (Å²) >= 11 is 1.32. The zero-order valence-electron chi connectivity index (χ0n) is 17.5. The molecule has 1 heterocycles. The normalized spacial score (nSPS) is 10.8. The van der Waals surface area contributed by atoms with Crippen LogP contribution in [0.3, 0.4) is 0 Å². The molecule has 0 aliphatic rings. The molecule has 0 unspecified atom stereocenters. The molecular formula is C22H25N5O2S. The first-order valence-corrected chi connectivity index (χ1v) is 10.6. The van der Waals surface area contributed by atoms with Gasteiger partial charge in [-0.3, -0.25) is 14.2 Å². The van der Waals surface area contributed by atoms with Crippen LogP contribution in [0.2, 0.25) is 0 Å². The second kappa shape index (κ2) is 9.58. The van der Waals surface area contributed by atoms with Crippen LogP contribution in [-0.2, 0) is 4.79 Å². The van der Waals surface area contributed by atoms with Gasteiger partial charge in [-0.15, -0.1) is 10.2 Å². The maximum Gasteiger partial charge on any atom is 0.251 e. The van der Waals surface area contributed by atoms with Gasteiger partial charge < -0.3 is 10.6 Å². The number of thioether (sulfide) groups is 1. The minimum atomic E-state index is -0.160. The second-order valence-electron chi connectivity index (χ2n) is 7.18. The van der Waals surface area contributed by atoms with Crippen LogP contribution < -0.4 is 10.6 Å². The maximum atomic E-state index is 12.4. The molecule has 8 heteroatoms. The summed E-state index contributed by atoms with van der Waals surface area (Å²) in [5, 5.41) is 14.2. The second-order valence-corrected chi connectivity index (χ2v) is 8.12. The van der Waals surface area contributed by atoms with E-state index in [2.05, 4.69) is 46.8 Å². The van der Waals surface area contributed by atoms with E-state index in [-0.39, 0.29) is 17.6 Å². The third-order valence-electron chi connectivity index (χ3n) is 4.68. The summed E-state index contributed by atoms with van der Waals surface area (Å²) in [6, 6.07) is 13.4. The van der Waals surface area contributed by atoms with E-state index in [4.69, 9.17) is 0 Å². The van der Waals surface area contributed by atoms with Crippen molar-refractivity contribution in [2.45, 2.75) is 31.8 Å². The van der Waals surface area contributed by atoms with Crippen molar-refractivity contribution in [3.05, 3.63) is 65.5 Å². The molecule has 2 amide bonds. The smallest absolute Gasteiger partial charge is 0.251 e. The van der Waals surface area contributed by atoms with E-state index in [0.29, 0.717) is 22.3 Å². The maximum absolute atomic E-state index is 12.4. The molecule has 0 saturated carbocycles. The fraction of sp³-hybridized carbons (Fsp3) is 0.273. The Hall–Kier alpha value is -3.13. The van der Waals surface area contributed by atoms with Crippen LogP contribution in [0.25, 0.3) is 5.69 Å². The van der Waals surface area contributed by atoms with Gasteiger partial charge >= 0.3 is 0 Å². The van der Waals surface area contributed by atoms with Crippen molar-refractivity contribution in [1.82, 2.24) is 20.1 Å². The predicted octanol–water partition coefficient (Wildman–Crippen LogP) is 3.79. The lowest BCUT2D eigenvalue weighted by Crippen LogP contribution is -2.19. The molecule has 0 saturated heterocycles. The van der Waals surface area contributed by atoms with Gasteiger partial charge in [0.1, 0.15) is 6.33 Å². The van der Waals surface area contributed by atoms with Crippen molar-refractivity contribution < 1.29 is 9.59 Å². The standard InChI is InChI=1S/C22H25N5O2S/c1-14(2)16-5-8-18(9-6-16)27-13-24-26-22(27)30-12-20(28)25-19-10-7-17(11-15(19)3)21(29)23-4/h5-11,13-14H,12H2,1-4H3,(H,23,29)(H,25,28). The van der Waals surface area contributed by atoms with Gasteiger partial charge in [-0.05, 0) is 54.3 Å². The van der Waals surface area contributed by atoms with Crippen LogP contribution in [0, 0.1) is 6.92 Å². The van der Waals surface area contributed by atoms with Crippen molar-refractivity contribution >= 4 is 29.3 Å². The van der Waals surface area contributed by atoms with Gasteiger partial charge in [0.2, 0.25) is 5.91 Å². The first-order chi connectivity index (χ1) is 14.4. The van der Waals surface area contributed by atoms with E-state index in [9.17, 15) is 9.59 Å². The molecule has 7 nitrogen and oxygen atoms in total. The highest BCUT2D eigenvalue weighted by atomic mass is 32.2. The number of anilines is 1. The summed E-state index contributed by atoms with van der Waals surface area (Å²) in [7, 11) is 1.59. The van der Waals surface area contributed by atoms with Gasteiger partial charge in [-0.2, -0.15) is 0 Å². The molecule has 2 N–H and O–H groups in total. The van der Waals surface area contributed by atoms with Crippen LogP contribution in [-0.4, -0.2) is 39.4 Å². The molecule has 0 atom stereocenters. The van der Waals surface area contributed by atoms with Crippen LogP contribution in [0.5, 0.6) is 0 Å². The average molecular weight is 424 g/mol. The average Bonchev–Trinajstić information content (AvgIpc) is 3.21. The Balaban J connectivity index is 1.63. The van der Waals surface area contributed by atoms with E-state index in [1.54, 1.807) is 31.6 Å². The lowest BCUT2D eigenvalue weighted by atomic mass is 10.0. The van der Waals surface area contributed by atoms with Gasteiger partial charge in [0.25, 0.3) is 5.91 Å². The third kappa shape index (κ3) is 5.07. The zero-order chi connectivity index (χ0) is 21.7. The number of nitrogens with one attached hydrogen (secondary N) is 2. The van der Waals surface area contributed by atoms with Crippen LogP contribution in [0.4, 0.5) is 5.69 Å². The summed E-state index contributed by atoms with van der Waals surface area (Å²) < 4.78 is 1.87. The molecule has 1 aromatic heterocycles. The van der Waals surface area contributed by atoms with Crippen molar-refractivity contribution in [3.63, 3.8) is 0 Å². The molecule has 0 aliphatic carbocycles. The third-order valence-corrected chi connectivity index (χ3v) is 5.62. The summed E-state index contributed by atoms with van der Waals surface area (Å²) in [5.74, 6) is 0.346. The number of hydrogen-bond acceptors (Lipinski definition) is 5. The van der Waals surface area contributed by atoms with Crippen molar-refractivity contribution in [2.24, 2.45) is 0 Å². The lowest BCUT2D eigenvalue weighted by molar-refractivity contribution is -0.113. The monoisotopic (exact) mass is 423 g/mol. The molecule has 0 bridgehead atoms. The predicted molar refractivity (Wildman–Crippen MR) is 119 cm³/mol. The van der Waals surface area contributed by atoms with Crippen molar-refractivity contribution in [2.75, 3.05) is 18.1 Å². The molecule has 3 aromatic rings. The Bertz CT molecular complexity index is 1040. The molecule has 0 aliphatic heterocycles.